The van der Waals surface area contributed by atoms with Crippen molar-refractivity contribution in [1.29, 1.82) is 0 Å². The maximum atomic E-state index is 5.71. The van der Waals surface area contributed by atoms with Crippen molar-refractivity contribution >= 4 is 11.8 Å². The molecule has 3 rings (SSSR count). The van der Waals surface area contributed by atoms with Crippen LogP contribution in [0.15, 0.2) is 29.7 Å². The lowest BCUT2D eigenvalue weighted by Crippen LogP contribution is -2.08. The molecule has 1 saturated carbocycles. The minimum Gasteiger partial charge on any atom is -0.324 e. The fourth-order valence-electron chi connectivity index (χ4n) is 2.05. The Hall–Kier alpha value is -1.40. The standard InChI is InChI=1S/C13H17N5S/c14-9-12-16-17-13(18(12)11-1-2-11)19-8-5-10-3-6-15-7-4-10/h3-4,6-7,11H,1-2,5,8-9,14H2. The fourth-order valence-corrected chi connectivity index (χ4v) is 3.07. The predicted octanol–water partition coefficient (Wildman–Crippen LogP) is 1.80. The van der Waals surface area contributed by atoms with E-state index in [0.29, 0.717) is 12.6 Å². The minimum absolute atomic E-state index is 0.467. The maximum absolute atomic E-state index is 5.71. The smallest absolute Gasteiger partial charge is 0.191 e. The van der Waals surface area contributed by atoms with E-state index in [1.807, 2.05) is 12.4 Å². The van der Waals surface area contributed by atoms with Gasteiger partial charge in [-0.1, -0.05) is 11.8 Å². The zero-order valence-electron chi connectivity index (χ0n) is 10.7. The van der Waals surface area contributed by atoms with E-state index in [1.165, 1.54) is 18.4 Å². The molecule has 2 aromatic rings. The van der Waals surface area contributed by atoms with Gasteiger partial charge >= 0.3 is 0 Å². The predicted molar refractivity (Wildman–Crippen MR) is 74.8 cm³/mol. The molecule has 0 bridgehead atoms. The molecule has 19 heavy (non-hydrogen) atoms. The summed E-state index contributed by atoms with van der Waals surface area (Å²) in [6, 6.07) is 4.69. The van der Waals surface area contributed by atoms with Crippen molar-refractivity contribution in [3.05, 3.63) is 35.9 Å². The summed E-state index contributed by atoms with van der Waals surface area (Å²) in [5, 5.41) is 9.45. The van der Waals surface area contributed by atoms with Crippen LogP contribution < -0.4 is 5.73 Å². The first kappa shape index (κ1) is 12.6. The zero-order valence-corrected chi connectivity index (χ0v) is 11.5. The van der Waals surface area contributed by atoms with Crippen molar-refractivity contribution in [2.45, 2.75) is 37.0 Å². The molecule has 6 heteroatoms. The molecule has 0 aromatic carbocycles. The van der Waals surface area contributed by atoms with Crippen LogP contribution in [0.4, 0.5) is 0 Å². The third-order valence-electron chi connectivity index (χ3n) is 3.20. The molecule has 0 spiro atoms. The van der Waals surface area contributed by atoms with Crippen LogP contribution in [-0.2, 0) is 13.0 Å². The molecule has 0 atom stereocenters. The van der Waals surface area contributed by atoms with Crippen LogP contribution in [-0.4, -0.2) is 25.5 Å². The molecule has 2 N–H and O–H groups in total. The fraction of sp³-hybridized carbons (Fsp3) is 0.462. The van der Waals surface area contributed by atoms with Gasteiger partial charge in [-0.25, -0.2) is 0 Å². The number of nitrogens with zero attached hydrogens (tertiary/aromatic N) is 4. The number of hydrogen-bond donors (Lipinski definition) is 1. The summed E-state index contributed by atoms with van der Waals surface area (Å²) >= 11 is 1.76. The summed E-state index contributed by atoms with van der Waals surface area (Å²) in [7, 11) is 0. The first-order chi connectivity index (χ1) is 9.38. The van der Waals surface area contributed by atoms with Gasteiger partial charge in [-0.05, 0) is 37.0 Å². The van der Waals surface area contributed by atoms with Gasteiger partial charge in [0.1, 0.15) is 5.82 Å². The van der Waals surface area contributed by atoms with Crippen LogP contribution in [0.3, 0.4) is 0 Å². The summed E-state index contributed by atoms with van der Waals surface area (Å²) < 4.78 is 2.22. The number of rotatable bonds is 6. The second-order valence-corrected chi connectivity index (χ2v) is 5.72. The molecule has 1 fully saturated rings. The molecular weight excluding hydrogens is 258 g/mol. The van der Waals surface area contributed by atoms with Crippen molar-refractivity contribution in [1.82, 2.24) is 19.7 Å². The van der Waals surface area contributed by atoms with E-state index >= 15 is 0 Å². The zero-order chi connectivity index (χ0) is 13.1. The molecule has 2 aromatic heterocycles. The maximum Gasteiger partial charge on any atom is 0.191 e. The van der Waals surface area contributed by atoms with Crippen molar-refractivity contribution in [3.8, 4) is 0 Å². The molecule has 2 heterocycles. The van der Waals surface area contributed by atoms with Crippen LogP contribution in [0, 0.1) is 0 Å². The molecule has 0 amide bonds. The normalized spacial score (nSPS) is 14.8. The van der Waals surface area contributed by atoms with E-state index in [0.717, 1.165) is 23.2 Å². The molecule has 0 saturated heterocycles. The van der Waals surface area contributed by atoms with Gasteiger partial charge in [-0.15, -0.1) is 10.2 Å². The van der Waals surface area contributed by atoms with Gasteiger partial charge in [0, 0.05) is 24.2 Å². The number of nitrogens with two attached hydrogens (primary N) is 1. The van der Waals surface area contributed by atoms with Crippen LogP contribution in [0.5, 0.6) is 0 Å². The molecule has 0 unspecified atom stereocenters. The SMILES string of the molecule is NCc1nnc(SCCc2ccncc2)n1C1CC1. The van der Waals surface area contributed by atoms with Crippen LogP contribution >= 0.6 is 11.8 Å². The van der Waals surface area contributed by atoms with E-state index in [1.54, 1.807) is 11.8 Å². The van der Waals surface area contributed by atoms with Crippen molar-refractivity contribution in [2.75, 3.05) is 5.75 Å². The Kier molecular flexibility index (Phi) is 3.79. The lowest BCUT2D eigenvalue weighted by Gasteiger charge is -2.07. The third kappa shape index (κ3) is 2.96. The van der Waals surface area contributed by atoms with E-state index in [-0.39, 0.29) is 0 Å². The average molecular weight is 275 g/mol. The van der Waals surface area contributed by atoms with Gasteiger partial charge in [-0.2, -0.15) is 0 Å². The second kappa shape index (κ2) is 5.71. The lowest BCUT2D eigenvalue weighted by molar-refractivity contribution is 0.626. The van der Waals surface area contributed by atoms with Gasteiger partial charge in [0.05, 0.1) is 6.54 Å². The summed E-state index contributed by atoms with van der Waals surface area (Å²) in [5.41, 5.74) is 7.01. The highest BCUT2D eigenvalue weighted by Crippen LogP contribution is 2.38. The van der Waals surface area contributed by atoms with Gasteiger partial charge in [0.25, 0.3) is 0 Å². The number of hydrogen-bond acceptors (Lipinski definition) is 5. The van der Waals surface area contributed by atoms with E-state index < -0.39 is 0 Å². The van der Waals surface area contributed by atoms with Crippen LogP contribution in [0.1, 0.15) is 30.3 Å². The number of thioether (sulfide) groups is 1. The summed E-state index contributed by atoms with van der Waals surface area (Å²) in [6.45, 7) is 0.467. The molecule has 100 valence electrons. The quantitative estimate of drug-likeness (QED) is 0.814. The number of aryl methyl sites for hydroxylation is 1. The van der Waals surface area contributed by atoms with Crippen molar-refractivity contribution < 1.29 is 0 Å². The summed E-state index contributed by atoms with van der Waals surface area (Å²) in [6.07, 6.45) is 7.13. The highest BCUT2D eigenvalue weighted by atomic mass is 32.2. The van der Waals surface area contributed by atoms with Crippen LogP contribution in [0.2, 0.25) is 0 Å². The van der Waals surface area contributed by atoms with E-state index in [9.17, 15) is 0 Å². The van der Waals surface area contributed by atoms with E-state index in [2.05, 4.69) is 31.9 Å². The Morgan fingerprint density at radius 1 is 1.26 bits per heavy atom. The Labute approximate surface area is 116 Å². The molecule has 1 aliphatic carbocycles. The largest absolute Gasteiger partial charge is 0.324 e. The number of aromatic nitrogens is 4. The van der Waals surface area contributed by atoms with Crippen molar-refractivity contribution in [3.63, 3.8) is 0 Å². The highest BCUT2D eigenvalue weighted by molar-refractivity contribution is 7.99. The Morgan fingerprint density at radius 3 is 2.74 bits per heavy atom. The third-order valence-corrected chi connectivity index (χ3v) is 4.15. The number of pyridine rings is 1. The summed E-state index contributed by atoms with van der Waals surface area (Å²) in [5.74, 6) is 1.91. The van der Waals surface area contributed by atoms with Gasteiger partial charge < -0.3 is 10.3 Å². The second-order valence-electron chi connectivity index (χ2n) is 4.66. The first-order valence-corrected chi connectivity index (χ1v) is 7.52. The summed E-state index contributed by atoms with van der Waals surface area (Å²) in [4.78, 5) is 4.02. The average Bonchev–Trinajstić information content (AvgIpc) is 3.21. The van der Waals surface area contributed by atoms with E-state index in [4.69, 9.17) is 5.73 Å². The van der Waals surface area contributed by atoms with Crippen molar-refractivity contribution in [2.24, 2.45) is 5.73 Å². The molecule has 1 aliphatic rings. The van der Waals surface area contributed by atoms with Gasteiger partial charge in [0.2, 0.25) is 0 Å². The first-order valence-electron chi connectivity index (χ1n) is 6.54. The lowest BCUT2D eigenvalue weighted by atomic mass is 10.2. The highest BCUT2D eigenvalue weighted by Gasteiger charge is 2.28. The minimum atomic E-state index is 0.467. The molecular formula is C13H17N5S. The molecule has 5 nitrogen and oxygen atoms in total. The van der Waals surface area contributed by atoms with Gasteiger partial charge in [-0.3, -0.25) is 4.98 Å². The Balaban J connectivity index is 1.62. The Bertz CT molecular complexity index is 535. The Morgan fingerprint density at radius 2 is 2.05 bits per heavy atom. The molecule has 0 aliphatic heterocycles. The van der Waals surface area contributed by atoms with Gasteiger partial charge in [0.15, 0.2) is 5.16 Å². The molecule has 0 radical (unpaired) electrons. The van der Waals surface area contributed by atoms with Crippen LogP contribution in [0.25, 0.3) is 0 Å². The topological polar surface area (TPSA) is 69.6 Å². The monoisotopic (exact) mass is 275 g/mol.